The smallest absolute Gasteiger partial charge is 0.412 e. The van der Waals surface area contributed by atoms with Gasteiger partial charge in [-0.05, 0) is 32.4 Å². The van der Waals surface area contributed by atoms with Crippen molar-refractivity contribution < 1.29 is 19.1 Å². The van der Waals surface area contributed by atoms with Crippen molar-refractivity contribution in [2.75, 3.05) is 28.7 Å². The SMILES string of the molecule is CCOC(=O)Nc1sc(NC(=O)C2CC(=O)N(c3ccc(C)cc3C)C2)nc1-c1ccccc1. The maximum Gasteiger partial charge on any atom is 0.412 e. The standard InChI is InChI=1S/C25H26N4O4S/c1-4-33-25(32)28-23-21(17-8-6-5-7-9-17)26-24(34-23)27-22(31)18-13-20(30)29(14-18)19-11-10-15(2)12-16(19)3/h5-12,18H,4,13-14H2,1-3H3,(H,28,32)(H,26,27,31). The van der Waals surface area contributed by atoms with Gasteiger partial charge in [-0.3, -0.25) is 14.9 Å². The fourth-order valence-corrected chi connectivity index (χ4v) is 4.82. The summed E-state index contributed by atoms with van der Waals surface area (Å²) in [5, 5.41) is 6.35. The Kier molecular flexibility index (Phi) is 6.93. The lowest BCUT2D eigenvalue weighted by molar-refractivity contribution is -0.122. The van der Waals surface area contributed by atoms with Crippen molar-refractivity contribution in [3.63, 3.8) is 0 Å². The molecule has 34 heavy (non-hydrogen) atoms. The Morgan fingerprint density at radius 1 is 1.15 bits per heavy atom. The number of thiazole rings is 1. The summed E-state index contributed by atoms with van der Waals surface area (Å²) < 4.78 is 4.99. The van der Waals surface area contributed by atoms with E-state index in [4.69, 9.17) is 4.74 Å². The van der Waals surface area contributed by atoms with E-state index in [0.717, 1.165) is 33.7 Å². The number of hydrogen-bond donors (Lipinski definition) is 2. The number of carbonyl (C=O) groups is 3. The van der Waals surface area contributed by atoms with Crippen LogP contribution in [0.1, 0.15) is 24.5 Å². The summed E-state index contributed by atoms with van der Waals surface area (Å²) in [6, 6.07) is 15.3. The number of aryl methyl sites for hydroxylation is 2. The first kappa shape index (κ1) is 23.4. The molecule has 0 saturated carbocycles. The summed E-state index contributed by atoms with van der Waals surface area (Å²) in [5.74, 6) is -0.865. The van der Waals surface area contributed by atoms with E-state index < -0.39 is 12.0 Å². The lowest BCUT2D eigenvalue weighted by Crippen LogP contribution is -2.28. The number of carbonyl (C=O) groups excluding carboxylic acids is 3. The fourth-order valence-electron chi connectivity index (χ4n) is 3.94. The zero-order valence-electron chi connectivity index (χ0n) is 19.3. The molecule has 2 N–H and O–H groups in total. The van der Waals surface area contributed by atoms with Crippen LogP contribution in [0, 0.1) is 19.8 Å². The molecule has 0 radical (unpaired) electrons. The number of amides is 3. The van der Waals surface area contributed by atoms with Crippen LogP contribution < -0.4 is 15.5 Å². The second-order valence-electron chi connectivity index (χ2n) is 8.09. The van der Waals surface area contributed by atoms with E-state index in [-0.39, 0.29) is 24.8 Å². The Bertz CT molecular complexity index is 1220. The molecule has 1 aliphatic rings. The first-order valence-electron chi connectivity index (χ1n) is 11.0. The highest BCUT2D eigenvalue weighted by Crippen LogP contribution is 2.37. The normalized spacial score (nSPS) is 15.3. The zero-order valence-corrected chi connectivity index (χ0v) is 20.1. The molecule has 2 heterocycles. The molecular formula is C25H26N4O4S. The molecule has 4 rings (SSSR count). The Morgan fingerprint density at radius 3 is 2.62 bits per heavy atom. The van der Waals surface area contributed by atoms with Gasteiger partial charge in [-0.25, -0.2) is 9.78 Å². The van der Waals surface area contributed by atoms with Crippen molar-refractivity contribution in [3.8, 4) is 11.3 Å². The van der Waals surface area contributed by atoms with Gasteiger partial charge in [-0.15, -0.1) is 0 Å². The molecule has 2 aromatic carbocycles. The Labute approximate surface area is 202 Å². The lowest BCUT2D eigenvalue weighted by atomic mass is 10.1. The summed E-state index contributed by atoms with van der Waals surface area (Å²) >= 11 is 1.14. The van der Waals surface area contributed by atoms with Gasteiger partial charge in [0.15, 0.2) is 5.13 Å². The summed E-state index contributed by atoms with van der Waals surface area (Å²) in [6.45, 7) is 6.23. The molecule has 1 atom stereocenters. The van der Waals surface area contributed by atoms with Gasteiger partial charge in [0.2, 0.25) is 11.8 Å². The number of anilines is 3. The highest BCUT2D eigenvalue weighted by atomic mass is 32.1. The van der Waals surface area contributed by atoms with Crippen molar-refractivity contribution in [1.82, 2.24) is 4.98 Å². The number of nitrogens with one attached hydrogen (secondary N) is 2. The summed E-state index contributed by atoms with van der Waals surface area (Å²) in [5.41, 5.74) is 4.27. The summed E-state index contributed by atoms with van der Waals surface area (Å²) in [4.78, 5) is 43.9. The van der Waals surface area contributed by atoms with Crippen molar-refractivity contribution in [2.24, 2.45) is 5.92 Å². The van der Waals surface area contributed by atoms with E-state index in [1.54, 1.807) is 11.8 Å². The molecule has 1 aromatic heterocycles. The van der Waals surface area contributed by atoms with E-state index in [1.165, 1.54) is 0 Å². The van der Waals surface area contributed by atoms with Crippen LogP contribution in [-0.2, 0) is 14.3 Å². The van der Waals surface area contributed by atoms with Crippen LogP contribution in [0.25, 0.3) is 11.3 Å². The largest absolute Gasteiger partial charge is 0.450 e. The Balaban J connectivity index is 1.52. The molecule has 0 spiro atoms. The average molecular weight is 479 g/mol. The fraction of sp³-hybridized carbons (Fsp3) is 0.280. The van der Waals surface area contributed by atoms with Crippen molar-refractivity contribution in [3.05, 3.63) is 59.7 Å². The van der Waals surface area contributed by atoms with Gasteiger partial charge >= 0.3 is 6.09 Å². The van der Waals surface area contributed by atoms with Gasteiger partial charge in [-0.2, -0.15) is 0 Å². The minimum atomic E-state index is -0.591. The van der Waals surface area contributed by atoms with Crippen LogP contribution in [0.5, 0.6) is 0 Å². The molecule has 0 bridgehead atoms. The lowest BCUT2D eigenvalue weighted by Gasteiger charge is -2.19. The average Bonchev–Trinajstić information content (AvgIpc) is 3.38. The highest BCUT2D eigenvalue weighted by Gasteiger charge is 2.36. The van der Waals surface area contributed by atoms with Gasteiger partial charge in [-0.1, -0.05) is 59.4 Å². The molecular weight excluding hydrogens is 452 g/mol. The topological polar surface area (TPSA) is 101 Å². The predicted octanol–water partition coefficient (Wildman–Crippen LogP) is 4.99. The van der Waals surface area contributed by atoms with Crippen LogP contribution >= 0.6 is 11.3 Å². The minimum Gasteiger partial charge on any atom is -0.450 e. The number of hydrogen-bond acceptors (Lipinski definition) is 6. The van der Waals surface area contributed by atoms with E-state index in [2.05, 4.69) is 15.6 Å². The molecule has 3 aromatic rings. The Hall–Kier alpha value is -3.72. The number of rotatable bonds is 6. The molecule has 1 saturated heterocycles. The third kappa shape index (κ3) is 5.09. The third-order valence-corrected chi connectivity index (χ3v) is 6.42. The number of benzene rings is 2. The molecule has 176 valence electrons. The zero-order chi connectivity index (χ0) is 24.2. The first-order chi connectivity index (χ1) is 16.4. The summed E-state index contributed by atoms with van der Waals surface area (Å²) in [6.07, 6.45) is -0.462. The van der Waals surface area contributed by atoms with Gasteiger partial charge in [0.05, 0.1) is 12.5 Å². The number of ether oxygens (including phenoxy) is 1. The number of aromatic nitrogens is 1. The van der Waals surface area contributed by atoms with E-state index in [0.29, 0.717) is 22.4 Å². The highest BCUT2D eigenvalue weighted by molar-refractivity contribution is 7.20. The van der Waals surface area contributed by atoms with Crippen molar-refractivity contribution in [2.45, 2.75) is 27.2 Å². The quantitative estimate of drug-likeness (QED) is 0.520. The van der Waals surface area contributed by atoms with Crippen molar-refractivity contribution in [1.29, 1.82) is 0 Å². The van der Waals surface area contributed by atoms with E-state index >= 15 is 0 Å². The molecule has 0 aliphatic carbocycles. The van der Waals surface area contributed by atoms with Gasteiger partial charge in [0.1, 0.15) is 10.7 Å². The third-order valence-electron chi connectivity index (χ3n) is 5.53. The molecule has 1 aliphatic heterocycles. The van der Waals surface area contributed by atoms with Gasteiger partial charge < -0.3 is 15.0 Å². The first-order valence-corrected chi connectivity index (χ1v) is 11.9. The van der Waals surface area contributed by atoms with Crippen LogP contribution in [0.4, 0.5) is 20.6 Å². The monoisotopic (exact) mass is 478 g/mol. The van der Waals surface area contributed by atoms with Crippen molar-refractivity contribution >= 4 is 45.1 Å². The Morgan fingerprint density at radius 2 is 1.91 bits per heavy atom. The van der Waals surface area contributed by atoms with Crippen LogP contribution in [-0.4, -0.2) is 36.0 Å². The molecule has 8 nitrogen and oxygen atoms in total. The second-order valence-corrected chi connectivity index (χ2v) is 9.09. The van der Waals surface area contributed by atoms with Crippen LogP contribution in [0.3, 0.4) is 0 Å². The van der Waals surface area contributed by atoms with E-state index in [9.17, 15) is 14.4 Å². The van der Waals surface area contributed by atoms with Gasteiger partial charge in [0.25, 0.3) is 0 Å². The predicted molar refractivity (Wildman–Crippen MR) is 133 cm³/mol. The number of nitrogens with zero attached hydrogens (tertiary/aromatic N) is 2. The summed E-state index contributed by atoms with van der Waals surface area (Å²) in [7, 11) is 0. The van der Waals surface area contributed by atoms with Crippen LogP contribution in [0.2, 0.25) is 0 Å². The van der Waals surface area contributed by atoms with Gasteiger partial charge in [0, 0.05) is 24.2 Å². The van der Waals surface area contributed by atoms with E-state index in [1.807, 2.05) is 62.4 Å². The second kappa shape index (κ2) is 10.0. The maximum absolute atomic E-state index is 13.0. The minimum absolute atomic E-state index is 0.0825. The molecule has 3 amide bonds. The molecule has 9 heteroatoms. The van der Waals surface area contributed by atoms with Crippen LogP contribution in [0.15, 0.2) is 48.5 Å². The molecule has 1 fully saturated rings. The maximum atomic E-state index is 13.0. The molecule has 1 unspecified atom stereocenters.